The van der Waals surface area contributed by atoms with E-state index in [0.717, 1.165) is 44.6 Å². The third-order valence-electron chi connectivity index (χ3n) is 7.68. The number of carbonyl (C=O) groups excluding carboxylic acids is 1. The maximum atomic E-state index is 13.2. The lowest BCUT2D eigenvalue weighted by Gasteiger charge is -2.43. The van der Waals surface area contributed by atoms with Crippen LogP contribution in [0.5, 0.6) is 0 Å². The molecule has 1 N–H and O–H groups in total. The summed E-state index contributed by atoms with van der Waals surface area (Å²) in [6, 6.07) is 6.60. The Kier molecular flexibility index (Phi) is 9.96. The molecule has 12 heteroatoms. The van der Waals surface area contributed by atoms with Gasteiger partial charge >= 0.3 is 12.4 Å². The largest absolute Gasteiger partial charge is 0.416 e. The molecule has 0 bridgehead atoms. The lowest BCUT2D eigenvalue weighted by molar-refractivity contribution is -0.143. The first-order valence-corrected chi connectivity index (χ1v) is 14.0. The molecule has 0 spiro atoms. The SMILES string of the molecule is O=C(Cc1cc(C(F)(F)F)cc(C(F)(F)F)c1)NCC(c1ccc(Cl)c(Cl)c1)N1CCC(N2CCCCC2)CC1. The Morgan fingerprint density at radius 3 is 2.00 bits per heavy atom. The van der Waals surface area contributed by atoms with Gasteiger partial charge in [-0.2, -0.15) is 26.3 Å². The quantitative estimate of drug-likeness (QED) is 0.333. The number of carbonyl (C=O) groups is 1. The van der Waals surface area contributed by atoms with Crippen LogP contribution < -0.4 is 5.32 Å². The van der Waals surface area contributed by atoms with Crippen molar-refractivity contribution >= 4 is 29.1 Å². The topological polar surface area (TPSA) is 35.6 Å². The minimum absolute atomic E-state index is 0.0508. The smallest absolute Gasteiger partial charge is 0.354 e. The van der Waals surface area contributed by atoms with Crippen molar-refractivity contribution in [2.45, 2.75) is 63.0 Å². The fraction of sp³-hybridized carbons (Fsp3) is 0.536. The molecule has 0 aromatic heterocycles. The van der Waals surface area contributed by atoms with Gasteiger partial charge in [-0.25, -0.2) is 0 Å². The first-order chi connectivity index (χ1) is 18.8. The summed E-state index contributed by atoms with van der Waals surface area (Å²) in [7, 11) is 0. The molecule has 2 saturated heterocycles. The van der Waals surface area contributed by atoms with E-state index in [4.69, 9.17) is 23.2 Å². The van der Waals surface area contributed by atoms with Crippen LogP contribution in [0.25, 0.3) is 0 Å². The van der Waals surface area contributed by atoms with E-state index in [2.05, 4.69) is 15.1 Å². The van der Waals surface area contributed by atoms with Crippen molar-refractivity contribution in [1.82, 2.24) is 15.1 Å². The van der Waals surface area contributed by atoms with Gasteiger partial charge in [0.25, 0.3) is 0 Å². The molecule has 1 atom stereocenters. The third-order valence-corrected chi connectivity index (χ3v) is 8.42. The number of rotatable bonds is 7. The lowest BCUT2D eigenvalue weighted by atomic mass is 9.96. The van der Waals surface area contributed by atoms with Gasteiger partial charge in [0.15, 0.2) is 0 Å². The van der Waals surface area contributed by atoms with Crippen LogP contribution in [0.3, 0.4) is 0 Å². The van der Waals surface area contributed by atoms with Crippen molar-refractivity contribution in [2.24, 2.45) is 0 Å². The molecular formula is C28H31Cl2F6N3O. The van der Waals surface area contributed by atoms with E-state index >= 15 is 0 Å². The molecule has 4 nitrogen and oxygen atoms in total. The second-order valence-electron chi connectivity index (χ2n) is 10.4. The van der Waals surface area contributed by atoms with Crippen molar-refractivity contribution < 1.29 is 31.1 Å². The Morgan fingerprint density at radius 1 is 0.850 bits per heavy atom. The number of nitrogens with one attached hydrogen (secondary N) is 1. The first kappa shape index (κ1) is 30.9. The zero-order valence-corrected chi connectivity index (χ0v) is 23.2. The normalized spacial score (nSPS) is 19.0. The molecule has 0 saturated carbocycles. The number of hydrogen-bond acceptors (Lipinski definition) is 3. The van der Waals surface area contributed by atoms with E-state index in [0.29, 0.717) is 28.2 Å². The molecule has 2 aliphatic heterocycles. The Morgan fingerprint density at radius 2 is 1.45 bits per heavy atom. The van der Waals surface area contributed by atoms with Gasteiger partial charge < -0.3 is 10.2 Å². The first-order valence-electron chi connectivity index (χ1n) is 13.3. The summed E-state index contributed by atoms with van der Waals surface area (Å²) in [5.74, 6) is -0.680. The summed E-state index contributed by atoms with van der Waals surface area (Å²) < 4.78 is 79.4. The van der Waals surface area contributed by atoms with Crippen LogP contribution in [0.4, 0.5) is 26.3 Å². The molecule has 1 unspecified atom stereocenters. The molecule has 0 radical (unpaired) electrons. The highest BCUT2D eigenvalue weighted by atomic mass is 35.5. The highest BCUT2D eigenvalue weighted by Crippen LogP contribution is 2.37. The van der Waals surface area contributed by atoms with E-state index in [1.807, 2.05) is 6.07 Å². The molecule has 1 amide bonds. The Balaban J connectivity index is 1.47. The average Bonchev–Trinajstić information content (AvgIpc) is 2.90. The molecule has 2 aliphatic rings. The zero-order chi connectivity index (χ0) is 29.1. The standard InChI is InChI=1S/C28H31Cl2F6N3O/c29-23-5-4-19(15-24(23)30)25(39-10-6-22(7-11-39)38-8-2-1-3-9-38)17-37-26(40)14-18-12-20(27(31,32)33)16-21(13-18)28(34,35)36/h4-5,12-13,15-16,22,25H,1-3,6-11,14,17H2,(H,37,40). The number of benzene rings is 2. The summed E-state index contributed by atoms with van der Waals surface area (Å²) >= 11 is 12.4. The maximum Gasteiger partial charge on any atom is 0.416 e. The monoisotopic (exact) mass is 609 g/mol. The van der Waals surface area contributed by atoms with Crippen LogP contribution in [0, 0.1) is 0 Å². The molecule has 40 heavy (non-hydrogen) atoms. The Hall–Kier alpha value is -2.01. The van der Waals surface area contributed by atoms with Gasteiger partial charge in [-0.15, -0.1) is 0 Å². The van der Waals surface area contributed by atoms with Crippen LogP contribution in [-0.2, 0) is 23.6 Å². The van der Waals surface area contributed by atoms with E-state index in [-0.39, 0.29) is 24.2 Å². The van der Waals surface area contributed by atoms with Gasteiger partial charge in [-0.05, 0) is 80.2 Å². The van der Waals surface area contributed by atoms with Gasteiger partial charge in [0.1, 0.15) is 0 Å². The number of hydrogen-bond donors (Lipinski definition) is 1. The lowest BCUT2D eigenvalue weighted by Crippen LogP contribution is -2.49. The van der Waals surface area contributed by atoms with Crippen LogP contribution in [0.2, 0.25) is 10.0 Å². The minimum atomic E-state index is -4.98. The van der Waals surface area contributed by atoms with Gasteiger partial charge in [0.2, 0.25) is 5.91 Å². The molecular weight excluding hydrogens is 579 g/mol. The van der Waals surface area contributed by atoms with Crippen molar-refractivity contribution in [3.63, 3.8) is 0 Å². The van der Waals surface area contributed by atoms with Gasteiger partial charge in [0, 0.05) is 25.7 Å². The highest BCUT2D eigenvalue weighted by molar-refractivity contribution is 6.42. The minimum Gasteiger partial charge on any atom is -0.354 e. The van der Waals surface area contributed by atoms with Crippen LogP contribution >= 0.6 is 23.2 Å². The van der Waals surface area contributed by atoms with Crippen molar-refractivity contribution in [1.29, 1.82) is 0 Å². The van der Waals surface area contributed by atoms with Crippen molar-refractivity contribution in [2.75, 3.05) is 32.7 Å². The van der Waals surface area contributed by atoms with E-state index in [1.54, 1.807) is 12.1 Å². The number of likely N-dealkylation sites (tertiary alicyclic amines) is 2. The summed E-state index contributed by atoms with van der Waals surface area (Å²) in [5, 5.41) is 3.45. The number of alkyl halides is 6. The van der Waals surface area contributed by atoms with Gasteiger partial charge in [-0.1, -0.05) is 35.7 Å². The molecule has 2 fully saturated rings. The summed E-state index contributed by atoms with van der Waals surface area (Å²) in [6.07, 6.45) is -5.02. The van der Waals surface area contributed by atoms with E-state index in [9.17, 15) is 31.1 Å². The van der Waals surface area contributed by atoms with Gasteiger partial charge in [-0.3, -0.25) is 9.69 Å². The van der Waals surface area contributed by atoms with E-state index < -0.39 is 35.8 Å². The average molecular weight is 610 g/mol. The summed E-state index contributed by atoms with van der Waals surface area (Å²) in [6.45, 7) is 3.84. The Bertz CT molecular complexity index is 1140. The second-order valence-corrected chi connectivity index (χ2v) is 11.3. The predicted molar refractivity (Wildman–Crippen MR) is 142 cm³/mol. The van der Waals surface area contributed by atoms with Crippen LogP contribution in [0.1, 0.15) is 60.4 Å². The van der Waals surface area contributed by atoms with Gasteiger partial charge in [0.05, 0.1) is 33.6 Å². The Labute approximate surface area is 239 Å². The number of halogens is 8. The van der Waals surface area contributed by atoms with Crippen LogP contribution in [0.15, 0.2) is 36.4 Å². The van der Waals surface area contributed by atoms with Crippen LogP contribution in [-0.4, -0.2) is 54.5 Å². The molecule has 220 valence electrons. The van der Waals surface area contributed by atoms with Crippen molar-refractivity contribution in [3.8, 4) is 0 Å². The third kappa shape index (κ3) is 8.05. The molecule has 0 aliphatic carbocycles. The number of piperidine rings is 2. The predicted octanol–water partition coefficient (Wildman–Crippen LogP) is 7.38. The zero-order valence-electron chi connectivity index (χ0n) is 21.7. The fourth-order valence-corrected chi connectivity index (χ4v) is 5.91. The van der Waals surface area contributed by atoms with Crippen molar-refractivity contribution in [3.05, 3.63) is 68.7 Å². The fourth-order valence-electron chi connectivity index (χ4n) is 5.60. The summed E-state index contributed by atoms with van der Waals surface area (Å²) in [5.41, 5.74) is -2.46. The molecule has 2 aromatic rings. The molecule has 2 aromatic carbocycles. The highest BCUT2D eigenvalue weighted by Gasteiger charge is 2.37. The number of amides is 1. The molecule has 4 rings (SSSR count). The summed E-state index contributed by atoms with van der Waals surface area (Å²) in [4.78, 5) is 17.6. The maximum absolute atomic E-state index is 13.2. The molecule has 2 heterocycles. The second kappa shape index (κ2) is 12.9. The number of nitrogens with zero attached hydrogens (tertiary/aromatic N) is 2. The van der Waals surface area contributed by atoms with E-state index in [1.165, 1.54) is 19.3 Å².